The Bertz CT molecular complexity index is 609. The molecular formula is C18H31F2N7O. The van der Waals surface area contributed by atoms with Gasteiger partial charge in [-0.3, -0.25) is 31.1 Å². The molecule has 3 unspecified atom stereocenters. The first-order valence-electron chi connectivity index (χ1n) is 10.5. The van der Waals surface area contributed by atoms with Crippen LogP contribution in [0.5, 0.6) is 0 Å². The molecule has 5 rings (SSSR count). The first-order chi connectivity index (χ1) is 13.4. The van der Waals surface area contributed by atoms with Gasteiger partial charge in [-0.25, -0.2) is 13.8 Å². The second-order valence-electron chi connectivity index (χ2n) is 9.07. The number of nitrogens with zero attached hydrogens (tertiary/aromatic N) is 3. The maximum absolute atomic E-state index is 13.4. The maximum atomic E-state index is 13.4. The van der Waals surface area contributed by atoms with E-state index in [-0.39, 0.29) is 36.9 Å². The lowest BCUT2D eigenvalue weighted by atomic mass is 10.1. The molecule has 1 aliphatic carbocycles. The zero-order chi connectivity index (χ0) is 19.5. The summed E-state index contributed by atoms with van der Waals surface area (Å²) in [6.07, 6.45) is 2.89. The van der Waals surface area contributed by atoms with E-state index < -0.39 is 11.8 Å². The zero-order valence-electron chi connectivity index (χ0n) is 16.3. The fraction of sp³-hybridized carbons (Fsp3) is 0.944. The van der Waals surface area contributed by atoms with E-state index in [4.69, 9.17) is 0 Å². The molecule has 1 saturated carbocycles. The molecule has 4 saturated heterocycles. The van der Waals surface area contributed by atoms with E-state index in [9.17, 15) is 13.6 Å². The standard InChI is InChI=1S/C18H31F2N7O/c1-25-8-11(7-22-25)23-17-21-5-4-15(24-17)26-9-12-2-3-13(10-26)27(12)16(28)14-6-18(14,19)20/h11-15,17,21-24H,2-10H2,1H3/t11?,12-,13+,14-,15?,17?/m0/s1. The lowest BCUT2D eigenvalue weighted by molar-refractivity contribution is -0.141. The fourth-order valence-corrected chi connectivity index (χ4v) is 5.38. The summed E-state index contributed by atoms with van der Waals surface area (Å²) in [4.78, 5) is 16.8. The van der Waals surface area contributed by atoms with E-state index in [1.165, 1.54) is 0 Å². The van der Waals surface area contributed by atoms with Crippen LogP contribution in [0.15, 0.2) is 0 Å². The second kappa shape index (κ2) is 7.10. The molecule has 8 nitrogen and oxygen atoms in total. The molecule has 6 atom stereocenters. The number of halogens is 2. The Morgan fingerprint density at radius 3 is 2.46 bits per heavy atom. The molecule has 4 N–H and O–H groups in total. The van der Waals surface area contributed by atoms with Crippen LogP contribution >= 0.6 is 0 Å². The van der Waals surface area contributed by atoms with Crippen LogP contribution < -0.4 is 21.4 Å². The molecule has 0 aromatic rings. The summed E-state index contributed by atoms with van der Waals surface area (Å²) in [5, 5.41) is 12.9. The molecular weight excluding hydrogens is 368 g/mol. The van der Waals surface area contributed by atoms with Gasteiger partial charge in [-0.2, -0.15) is 0 Å². The Kier molecular flexibility index (Phi) is 4.84. The quantitative estimate of drug-likeness (QED) is 0.479. The predicted molar refractivity (Wildman–Crippen MR) is 99.2 cm³/mol. The van der Waals surface area contributed by atoms with Gasteiger partial charge in [0.1, 0.15) is 12.2 Å². The molecule has 10 heteroatoms. The highest BCUT2D eigenvalue weighted by molar-refractivity contribution is 5.84. The highest BCUT2D eigenvalue weighted by Gasteiger charge is 2.64. The van der Waals surface area contributed by atoms with Crippen molar-refractivity contribution in [3.8, 4) is 0 Å². The van der Waals surface area contributed by atoms with Crippen LogP contribution in [-0.4, -0.2) is 97.0 Å². The number of hydrazine groups is 1. The van der Waals surface area contributed by atoms with E-state index in [1.807, 2.05) is 7.05 Å². The highest BCUT2D eigenvalue weighted by atomic mass is 19.3. The van der Waals surface area contributed by atoms with Gasteiger partial charge in [0.05, 0.1) is 6.17 Å². The number of carbonyl (C=O) groups is 1. The number of piperazine rings is 1. The Hall–Kier alpha value is -0.910. The third kappa shape index (κ3) is 3.54. The Morgan fingerprint density at radius 1 is 1.14 bits per heavy atom. The number of fused-ring (bicyclic) bond motifs is 2. The van der Waals surface area contributed by atoms with E-state index in [0.717, 1.165) is 52.0 Å². The zero-order valence-corrected chi connectivity index (χ0v) is 16.3. The number of carbonyl (C=O) groups excluding carboxylic acids is 1. The molecule has 5 aliphatic rings. The van der Waals surface area contributed by atoms with E-state index in [0.29, 0.717) is 6.04 Å². The van der Waals surface area contributed by atoms with Crippen LogP contribution in [0.25, 0.3) is 0 Å². The summed E-state index contributed by atoms with van der Waals surface area (Å²) >= 11 is 0. The number of hydrogen-bond acceptors (Lipinski definition) is 7. The van der Waals surface area contributed by atoms with Gasteiger partial charge in [-0.1, -0.05) is 0 Å². The molecule has 5 fully saturated rings. The van der Waals surface area contributed by atoms with Crippen LogP contribution in [0.3, 0.4) is 0 Å². The first kappa shape index (κ1) is 19.1. The van der Waals surface area contributed by atoms with Crippen LogP contribution in [-0.2, 0) is 4.79 Å². The number of nitrogens with one attached hydrogen (secondary N) is 4. The summed E-state index contributed by atoms with van der Waals surface area (Å²) in [5.74, 6) is -4.15. The van der Waals surface area contributed by atoms with Crippen molar-refractivity contribution in [2.24, 2.45) is 5.92 Å². The molecule has 0 aromatic heterocycles. The van der Waals surface area contributed by atoms with Gasteiger partial charge in [0, 0.05) is 64.3 Å². The smallest absolute Gasteiger partial charge is 0.260 e. The highest BCUT2D eigenvalue weighted by Crippen LogP contribution is 2.51. The largest absolute Gasteiger partial charge is 0.334 e. The van der Waals surface area contributed by atoms with Gasteiger partial charge in [0.2, 0.25) is 5.91 Å². The van der Waals surface area contributed by atoms with Crippen molar-refractivity contribution in [1.82, 2.24) is 36.2 Å². The number of likely N-dealkylation sites (N-methyl/N-ethyl adjacent to an activating group) is 1. The van der Waals surface area contributed by atoms with Crippen LogP contribution in [0, 0.1) is 5.92 Å². The molecule has 0 spiro atoms. The van der Waals surface area contributed by atoms with Crippen molar-refractivity contribution in [3.63, 3.8) is 0 Å². The van der Waals surface area contributed by atoms with E-state index in [1.54, 1.807) is 4.90 Å². The SMILES string of the molecule is CN1CC(NC2NCCC(N3C[C@H]4CC[C@@H](C3)N4C(=O)[C@@H]3CC3(F)F)N2)CN1. The molecule has 1 amide bonds. The van der Waals surface area contributed by atoms with Gasteiger partial charge in [0.15, 0.2) is 0 Å². The Balaban J connectivity index is 1.17. The summed E-state index contributed by atoms with van der Waals surface area (Å²) < 4.78 is 26.8. The minimum Gasteiger partial charge on any atom is -0.334 e. The third-order valence-corrected chi connectivity index (χ3v) is 6.96. The molecule has 28 heavy (non-hydrogen) atoms. The molecule has 0 radical (unpaired) electrons. The number of hydrogen-bond donors (Lipinski definition) is 4. The van der Waals surface area contributed by atoms with Crippen LogP contribution in [0.4, 0.5) is 8.78 Å². The molecule has 0 aromatic carbocycles. The molecule has 158 valence electrons. The van der Waals surface area contributed by atoms with Crippen molar-refractivity contribution in [3.05, 3.63) is 0 Å². The summed E-state index contributed by atoms with van der Waals surface area (Å²) in [5.41, 5.74) is 3.30. The van der Waals surface area contributed by atoms with Crippen molar-refractivity contribution in [2.45, 2.75) is 62.2 Å². The number of alkyl halides is 2. The number of likely N-dealkylation sites (tertiary alicyclic amines) is 1. The Labute approximate surface area is 164 Å². The fourth-order valence-electron chi connectivity index (χ4n) is 5.38. The van der Waals surface area contributed by atoms with Crippen molar-refractivity contribution < 1.29 is 13.6 Å². The third-order valence-electron chi connectivity index (χ3n) is 6.96. The number of rotatable bonds is 4. The van der Waals surface area contributed by atoms with Crippen molar-refractivity contribution >= 4 is 5.91 Å². The summed E-state index contributed by atoms with van der Waals surface area (Å²) in [7, 11) is 2.04. The molecule has 2 bridgehead atoms. The van der Waals surface area contributed by atoms with Crippen LogP contribution in [0.2, 0.25) is 0 Å². The van der Waals surface area contributed by atoms with Crippen molar-refractivity contribution in [1.29, 1.82) is 0 Å². The molecule has 4 aliphatic heterocycles. The topological polar surface area (TPSA) is 74.9 Å². The predicted octanol–water partition coefficient (Wildman–Crippen LogP) is -1.08. The van der Waals surface area contributed by atoms with Gasteiger partial charge >= 0.3 is 0 Å². The summed E-state index contributed by atoms with van der Waals surface area (Å²) in [6.45, 7) is 4.35. The van der Waals surface area contributed by atoms with Gasteiger partial charge < -0.3 is 4.90 Å². The van der Waals surface area contributed by atoms with E-state index >= 15 is 0 Å². The number of amides is 1. The average molecular weight is 399 g/mol. The first-order valence-corrected chi connectivity index (χ1v) is 10.5. The van der Waals surface area contributed by atoms with Crippen LogP contribution in [0.1, 0.15) is 25.7 Å². The Morgan fingerprint density at radius 2 is 1.86 bits per heavy atom. The lowest BCUT2D eigenvalue weighted by Crippen LogP contribution is -2.69. The monoisotopic (exact) mass is 399 g/mol. The van der Waals surface area contributed by atoms with Gasteiger partial charge in [-0.05, 0) is 19.3 Å². The van der Waals surface area contributed by atoms with Crippen molar-refractivity contribution in [2.75, 3.05) is 39.8 Å². The summed E-state index contributed by atoms with van der Waals surface area (Å²) in [6, 6.07) is 0.552. The second-order valence-corrected chi connectivity index (χ2v) is 9.07. The average Bonchev–Trinajstić information content (AvgIpc) is 2.96. The normalized spacial score (nSPS) is 43.5. The maximum Gasteiger partial charge on any atom is 0.260 e. The lowest BCUT2D eigenvalue weighted by Gasteiger charge is -2.47. The van der Waals surface area contributed by atoms with E-state index in [2.05, 4.69) is 31.3 Å². The van der Waals surface area contributed by atoms with Gasteiger partial charge in [-0.15, -0.1) is 0 Å². The minimum atomic E-state index is -2.77. The molecule has 4 heterocycles. The van der Waals surface area contributed by atoms with Gasteiger partial charge in [0.25, 0.3) is 5.92 Å². The minimum absolute atomic E-state index is 0.0551.